The Morgan fingerprint density at radius 2 is 2.12 bits per heavy atom. The van der Waals surface area contributed by atoms with Crippen LogP contribution >= 0.6 is 0 Å². The fraction of sp³-hybridized carbons (Fsp3) is 0.400. The number of aromatic amines is 1. The van der Waals surface area contributed by atoms with E-state index >= 15 is 0 Å². The van der Waals surface area contributed by atoms with E-state index in [1.165, 1.54) is 0 Å². The third-order valence-corrected chi connectivity index (χ3v) is 5.14. The van der Waals surface area contributed by atoms with Gasteiger partial charge in [0.05, 0.1) is 6.04 Å². The number of amides is 1. The lowest BCUT2D eigenvalue weighted by molar-refractivity contribution is 0.0912. The highest BCUT2D eigenvalue weighted by Crippen LogP contribution is 2.33. The highest BCUT2D eigenvalue weighted by atomic mass is 16.3. The Bertz CT molecular complexity index is 954. The summed E-state index contributed by atoms with van der Waals surface area (Å²) in [6, 6.07) is 7.76. The molecule has 3 aromatic rings. The van der Waals surface area contributed by atoms with Crippen molar-refractivity contribution in [2.24, 2.45) is 5.92 Å². The Morgan fingerprint density at radius 1 is 1.31 bits per heavy atom. The van der Waals surface area contributed by atoms with Crippen molar-refractivity contribution >= 4 is 16.9 Å². The van der Waals surface area contributed by atoms with E-state index in [0.29, 0.717) is 12.2 Å². The number of hydrogen-bond donors (Lipinski definition) is 3. The molecule has 136 valence electrons. The number of rotatable bonds is 4. The van der Waals surface area contributed by atoms with Crippen LogP contribution in [-0.4, -0.2) is 22.6 Å². The molecule has 6 nitrogen and oxygen atoms in total. The molecule has 0 saturated heterocycles. The molecule has 1 unspecified atom stereocenters. The van der Waals surface area contributed by atoms with Gasteiger partial charge in [0.1, 0.15) is 11.3 Å². The molecule has 26 heavy (non-hydrogen) atoms. The molecule has 6 heteroatoms. The number of H-pyrrole nitrogens is 1. The maximum atomic E-state index is 12.9. The SMILES string of the molecule is Cc1c(C(NC(=O)c2n[nH]c3c2CNCC3)C(C)C)oc2ccccc12. The van der Waals surface area contributed by atoms with Gasteiger partial charge in [0.2, 0.25) is 0 Å². The van der Waals surface area contributed by atoms with Crippen molar-refractivity contribution in [1.82, 2.24) is 20.8 Å². The van der Waals surface area contributed by atoms with Gasteiger partial charge in [0.15, 0.2) is 5.69 Å². The van der Waals surface area contributed by atoms with Crippen molar-refractivity contribution < 1.29 is 9.21 Å². The zero-order chi connectivity index (χ0) is 18.3. The highest BCUT2D eigenvalue weighted by Gasteiger charge is 2.28. The van der Waals surface area contributed by atoms with Crippen LogP contribution in [0.25, 0.3) is 11.0 Å². The topological polar surface area (TPSA) is 83.0 Å². The molecule has 3 N–H and O–H groups in total. The summed E-state index contributed by atoms with van der Waals surface area (Å²) in [6.45, 7) is 7.79. The summed E-state index contributed by atoms with van der Waals surface area (Å²) in [7, 11) is 0. The van der Waals surface area contributed by atoms with Crippen LogP contribution in [0.15, 0.2) is 28.7 Å². The molecule has 1 atom stereocenters. The van der Waals surface area contributed by atoms with Crippen LogP contribution in [0.5, 0.6) is 0 Å². The molecule has 1 aromatic carbocycles. The zero-order valence-electron chi connectivity index (χ0n) is 15.3. The lowest BCUT2D eigenvalue weighted by Gasteiger charge is -2.21. The van der Waals surface area contributed by atoms with Crippen molar-refractivity contribution in [2.75, 3.05) is 6.54 Å². The third-order valence-electron chi connectivity index (χ3n) is 5.14. The molecule has 0 fully saturated rings. The highest BCUT2D eigenvalue weighted by molar-refractivity contribution is 5.94. The summed E-state index contributed by atoms with van der Waals surface area (Å²) in [4.78, 5) is 12.9. The number of para-hydroxylation sites is 1. The predicted molar refractivity (Wildman–Crippen MR) is 100.0 cm³/mol. The summed E-state index contributed by atoms with van der Waals surface area (Å²) in [6.07, 6.45) is 0.867. The Labute approximate surface area is 152 Å². The molecule has 0 saturated carbocycles. The Kier molecular flexibility index (Phi) is 4.28. The monoisotopic (exact) mass is 352 g/mol. The number of benzene rings is 1. The average Bonchev–Trinajstić information content (AvgIpc) is 3.21. The molecular weight excluding hydrogens is 328 g/mol. The first-order chi connectivity index (χ1) is 12.6. The van der Waals surface area contributed by atoms with E-state index in [1.807, 2.05) is 31.2 Å². The lowest BCUT2D eigenvalue weighted by atomic mass is 9.97. The van der Waals surface area contributed by atoms with Gasteiger partial charge < -0.3 is 15.1 Å². The van der Waals surface area contributed by atoms with E-state index in [4.69, 9.17) is 4.42 Å². The fourth-order valence-corrected chi connectivity index (χ4v) is 3.65. The zero-order valence-corrected chi connectivity index (χ0v) is 15.3. The molecule has 3 heterocycles. The summed E-state index contributed by atoms with van der Waals surface area (Å²) in [5, 5.41) is 14.8. The second kappa shape index (κ2) is 6.61. The van der Waals surface area contributed by atoms with Gasteiger partial charge in [-0.15, -0.1) is 0 Å². The molecule has 0 spiro atoms. The number of carbonyl (C=O) groups is 1. The van der Waals surface area contributed by atoms with Crippen molar-refractivity contribution in [3.63, 3.8) is 0 Å². The average molecular weight is 352 g/mol. The van der Waals surface area contributed by atoms with Crippen LogP contribution in [0.2, 0.25) is 0 Å². The first kappa shape index (κ1) is 16.8. The third kappa shape index (κ3) is 2.80. The van der Waals surface area contributed by atoms with Crippen LogP contribution in [0.1, 0.15) is 53.0 Å². The van der Waals surface area contributed by atoms with Crippen LogP contribution in [0.3, 0.4) is 0 Å². The number of hydrogen-bond acceptors (Lipinski definition) is 4. The first-order valence-corrected chi connectivity index (χ1v) is 9.12. The second-order valence-corrected chi connectivity index (χ2v) is 7.24. The van der Waals surface area contributed by atoms with Gasteiger partial charge in [-0.25, -0.2) is 0 Å². The maximum absolute atomic E-state index is 12.9. The second-order valence-electron chi connectivity index (χ2n) is 7.24. The van der Waals surface area contributed by atoms with Crippen molar-refractivity contribution in [3.8, 4) is 0 Å². The molecular formula is C20H24N4O2. The summed E-state index contributed by atoms with van der Waals surface area (Å²) < 4.78 is 6.10. The quantitative estimate of drug-likeness (QED) is 0.673. The molecule has 4 rings (SSSR count). The number of aromatic nitrogens is 2. The number of fused-ring (bicyclic) bond motifs is 2. The van der Waals surface area contributed by atoms with Gasteiger partial charge in [-0.1, -0.05) is 32.0 Å². The van der Waals surface area contributed by atoms with Gasteiger partial charge in [0, 0.05) is 41.7 Å². The molecule has 1 aliphatic rings. The maximum Gasteiger partial charge on any atom is 0.272 e. The van der Waals surface area contributed by atoms with E-state index < -0.39 is 0 Å². The Morgan fingerprint density at radius 3 is 2.88 bits per heavy atom. The number of aryl methyl sites for hydroxylation is 1. The minimum atomic E-state index is -0.209. The van der Waals surface area contributed by atoms with Crippen LogP contribution < -0.4 is 10.6 Å². The summed E-state index contributed by atoms with van der Waals surface area (Å²) >= 11 is 0. The standard InChI is InChI=1S/C20H24N4O2/c1-11(2)17(19-12(3)13-6-4-5-7-16(13)26-19)22-20(25)18-14-10-21-9-8-15(14)23-24-18/h4-7,11,17,21H,8-10H2,1-3H3,(H,22,25)(H,23,24). The van der Waals surface area contributed by atoms with Crippen molar-refractivity contribution in [3.05, 3.63) is 52.5 Å². The Hall–Kier alpha value is -2.60. The molecule has 0 aliphatic carbocycles. The minimum absolute atomic E-state index is 0.162. The van der Waals surface area contributed by atoms with Crippen molar-refractivity contribution in [2.45, 2.75) is 39.8 Å². The largest absolute Gasteiger partial charge is 0.459 e. The van der Waals surface area contributed by atoms with Crippen molar-refractivity contribution in [1.29, 1.82) is 0 Å². The van der Waals surface area contributed by atoms with E-state index in [0.717, 1.165) is 46.5 Å². The van der Waals surface area contributed by atoms with Gasteiger partial charge in [-0.05, 0) is 18.9 Å². The number of nitrogens with zero attached hydrogens (tertiary/aromatic N) is 1. The lowest BCUT2D eigenvalue weighted by Crippen LogP contribution is -2.33. The van der Waals surface area contributed by atoms with E-state index in [2.05, 4.69) is 34.7 Å². The van der Waals surface area contributed by atoms with Gasteiger partial charge in [0.25, 0.3) is 5.91 Å². The fourth-order valence-electron chi connectivity index (χ4n) is 3.65. The van der Waals surface area contributed by atoms with E-state index in [-0.39, 0.29) is 17.9 Å². The normalized spacial score (nSPS) is 15.2. The van der Waals surface area contributed by atoms with Crippen LogP contribution in [0, 0.1) is 12.8 Å². The number of furan rings is 1. The summed E-state index contributed by atoms with van der Waals surface area (Å²) in [5.41, 5.74) is 4.42. The Balaban J connectivity index is 1.66. The minimum Gasteiger partial charge on any atom is -0.459 e. The summed E-state index contributed by atoms with van der Waals surface area (Å²) in [5.74, 6) is 0.841. The van der Waals surface area contributed by atoms with E-state index in [1.54, 1.807) is 0 Å². The predicted octanol–water partition coefficient (Wildman–Crippen LogP) is 3.24. The smallest absolute Gasteiger partial charge is 0.272 e. The first-order valence-electron chi connectivity index (χ1n) is 9.12. The van der Waals surface area contributed by atoms with Crippen LogP contribution in [0.4, 0.5) is 0 Å². The molecule has 0 radical (unpaired) electrons. The number of nitrogens with one attached hydrogen (secondary N) is 3. The number of carbonyl (C=O) groups excluding carboxylic acids is 1. The molecule has 2 aromatic heterocycles. The van der Waals surface area contributed by atoms with Gasteiger partial charge in [-0.3, -0.25) is 9.89 Å². The van der Waals surface area contributed by atoms with Crippen LogP contribution in [-0.2, 0) is 13.0 Å². The molecule has 0 bridgehead atoms. The van der Waals surface area contributed by atoms with E-state index in [9.17, 15) is 4.79 Å². The van der Waals surface area contributed by atoms with Gasteiger partial charge >= 0.3 is 0 Å². The van der Waals surface area contributed by atoms with Gasteiger partial charge in [-0.2, -0.15) is 5.10 Å². The molecule has 1 amide bonds. The molecule has 1 aliphatic heterocycles.